The quantitative estimate of drug-likeness (QED) is 0.130. The third-order valence-electron chi connectivity index (χ3n) is 6.93. The van der Waals surface area contributed by atoms with Gasteiger partial charge >= 0.3 is 0 Å². The molecule has 0 aliphatic carbocycles. The van der Waals surface area contributed by atoms with Crippen molar-refractivity contribution in [1.29, 1.82) is 0 Å². The van der Waals surface area contributed by atoms with E-state index in [1.807, 2.05) is 53.9 Å². The van der Waals surface area contributed by atoms with Crippen LogP contribution in [0, 0.1) is 0 Å². The van der Waals surface area contributed by atoms with Crippen LogP contribution in [0.2, 0.25) is 5.02 Å². The van der Waals surface area contributed by atoms with Crippen molar-refractivity contribution >= 4 is 55.2 Å². The number of ether oxygens (including phenoxy) is 1. The van der Waals surface area contributed by atoms with E-state index >= 15 is 0 Å². The first kappa shape index (κ1) is 30.6. The van der Waals surface area contributed by atoms with Gasteiger partial charge in [0.15, 0.2) is 9.84 Å². The lowest BCUT2D eigenvalue weighted by Gasteiger charge is -2.12. The van der Waals surface area contributed by atoms with Crippen molar-refractivity contribution in [2.75, 3.05) is 24.2 Å². The molecule has 3 aromatic carbocycles. The maximum Gasteiger partial charge on any atom is 0.179 e. The van der Waals surface area contributed by atoms with Gasteiger partial charge in [0, 0.05) is 36.0 Å². The van der Waals surface area contributed by atoms with Crippen molar-refractivity contribution in [2.45, 2.75) is 17.9 Å². The van der Waals surface area contributed by atoms with E-state index in [0.29, 0.717) is 58.8 Å². The van der Waals surface area contributed by atoms with Crippen molar-refractivity contribution in [3.8, 4) is 17.1 Å². The second-order valence-electron chi connectivity index (χ2n) is 10.1. The van der Waals surface area contributed by atoms with Crippen LogP contribution in [-0.2, 0) is 22.9 Å². The molecule has 9 nitrogen and oxygen atoms in total. The molecule has 0 spiro atoms. The summed E-state index contributed by atoms with van der Waals surface area (Å²) in [5.74, 6) is 1.25. The number of halogens is 1. The van der Waals surface area contributed by atoms with Crippen LogP contribution in [0.3, 0.4) is 0 Å². The monoisotopic (exact) mass is 656 g/mol. The molecule has 6 aromatic rings. The molecular formula is C33H29ClN6O3S2. The van der Waals surface area contributed by atoms with Gasteiger partial charge < -0.3 is 15.4 Å². The Morgan fingerprint density at radius 3 is 2.47 bits per heavy atom. The molecule has 0 radical (unpaired) electrons. The van der Waals surface area contributed by atoms with Gasteiger partial charge in [-0.3, -0.25) is 4.98 Å². The van der Waals surface area contributed by atoms with Crippen LogP contribution in [0.25, 0.3) is 22.3 Å². The molecule has 6 rings (SSSR count). The standard InChI is InChI=1S/C33H29ClN6O3S2/c34-27-17-24(11-12-31(27)43-20-23-7-3-1-4-8-23)39-33-26-18-28(36-19-29(26)37-22-38-33)30-21-44-32(40-30)13-14-35-15-16-45(41,42)25-9-5-2-6-10-25/h1-12,17-19,21-22,35H,13-16,20H2,(H,37,38,39). The Morgan fingerprint density at radius 2 is 1.67 bits per heavy atom. The van der Waals surface area contributed by atoms with Gasteiger partial charge in [-0.25, -0.2) is 23.4 Å². The molecule has 0 bridgehead atoms. The summed E-state index contributed by atoms with van der Waals surface area (Å²) in [6.45, 7) is 1.41. The molecule has 0 fully saturated rings. The highest BCUT2D eigenvalue weighted by Crippen LogP contribution is 2.32. The smallest absolute Gasteiger partial charge is 0.179 e. The number of thiazole rings is 1. The highest BCUT2D eigenvalue weighted by Gasteiger charge is 2.14. The molecule has 0 aliphatic heterocycles. The lowest BCUT2D eigenvalue weighted by atomic mass is 10.2. The second kappa shape index (κ2) is 14.1. The van der Waals surface area contributed by atoms with E-state index in [-0.39, 0.29) is 5.75 Å². The molecular weight excluding hydrogens is 628 g/mol. The van der Waals surface area contributed by atoms with Crippen molar-refractivity contribution < 1.29 is 13.2 Å². The number of aromatic nitrogens is 4. The van der Waals surface area contributed by atoms with Crippen LogP contribution < -0.4 is 15.4 Å². The predicted octanol–water partition coefficient (Wildman–Crippen LogP) is 6.73. The Morgan fingerprint density at radius 1 is 0.867 bits per heavy atom. The number of nitrogens with zero attached hydrogens (tertiary/aromatic N) is 4. The fourth-order valence-corrected chi connectivity index (χ4v) is 6.83. The summed E-state index contributed by atoms with van der Waals surface area (Å²) in [6, 6.07) is 25.9. The lowest BCUT2D eigenvalue weighted by Crippen LogP contribution is -2.25. The van der Waals surface area contributed by atoms with Gasteiger partial charge in [-0.15, -0.1) is 11.3 Å². The average molecular weight is 657 g/mol. The van der Waals surface area contributed by atoms with Crippen molar-refractivity contribution in [2.24, 2.45) is 0 Å². The molecule has 228 valence electrons. The van der Waals surface area contributed by atoms with Gasteiger partial charge in [-0.1, -0.05) is 60.1 Å². The number of fused-ring (bicyclic) bond motifs is 1. The third kappa shape index (κ3) is 7.81. The largest absolute Gasteiger partial charge is 0.487 e. The maximum absolute atomic E-state index is 12.5. The first-order valence-electron chi connectivity index (χ1n) is 14.2. The minimum atomic E-state index is -3.31. The minimum absolute atomic E-state index is 0.0397. The van der Waals surface area contributed by atoms with Gasteiger partial charge in [0.1, 0.15) is 24.5 Å². The lowest BCUT2D eigenvalue weighted by molar-refractivity contribution is 0.306. The SMILES string of the molecule is O=S(=O)(CCNCCc1nc(-c2cc3c(Nc4ccc(OCc5ccccc5)c(Cl)c4)ncnc3cn2)cs1)c1ccccc1. The molecule has 0 unspecified atom stereocenters. The van der Waals surface area contributed by atoms with E-state index in [1.54, 1.807) is 42.6 Å². The first-order chi connectivity index (χ1) is 21.9. The van der Waals surface area contributed by atoms with E-state index in [9.17, 15) is 8.42 Å². The first-order valence-corrected chi connectivity index (χ1v) is 17.1. The fraction of sp³-hybridized carbons (Fsp3) is 0.152. The summed E-state index contributed by atoms with van der Waals surface area (Å²) in [5.41, 5.74) is 3.96. The number of sulfone groups is 1. The molecule has 0 saturated carbocycles. The van der Waals surface area contributed by atoms with Gasteiger partial charge in [0.25, 0.3) is 0 Å². The Balaban J connectivity index is 1.08. The summed E-state index contributed by atoms with van der Waals surface area (Å²) in [4.78, 5) is 18.5. The van der Waals surface area contributed by atoms with E-state index in [1.165, 1.54) is 17.7 Å². The molecule has 0 atom stereocenters. The molecule has 3 aromatic heterocycles. The number of hydrogen-bond donors (Lipinski definition) is 2. The van der Waals surface area contributed by atoms with Crippen LogP contribution in [-0.4, -0.2) is 47.2 Å². The Labute approximate surface area is 270 Å². The molecule has 0 aliphatic rings. The predicted molar refractivity (Wildman–Crippen MR) is 179 cm³/mol. The Bertz CT molecular complexity index is 2010. The number of rotatable bonds is 13. The summed E-state index contributed by atoms with van der Waals surface area (Å²) in [7, 11) is -3.31. The number of benzene rings is 3. The Kier molecular flexibility index (Phi) is 9.61. The molecule has 3 heterocycles. The van der Waals surface area contributed by atoms with E-state index in [4.69, 9.17) is 21.3 Å². The Hall–Kier alpha value is -4.42. The van der Waals surface area contributed by atoms with Crippen LogP contribution >= 0.6 is 22.9 Å². The minimum Gasteiger partial charge on any atom is -0.487 e. The van der Waals surface area contributed by atoms with Crippen LogP contribution in [0.1, 0.15) is 10.6 Å². The van der Waals surface area contributed by atoms with Gasteiger partial charge in [-0.2, -0.15) is 0 Å². The topological polar surface area (TPSA) is 119 Å². The number of hydrogen-bond acceptors (Lipinski definition) is 10. The number of nitrogens with one attached hydrogen (secondary N) is 2. The van der Waals surface area contributed by atoms with Crippen LogP contribution in [0.15, 0.2) is 108 Å². The van der Waals surface area contributed by atoms with Crippen molar-refractivity contribution in [1.82, 2.24) is 25.3 Å². The number of anilines is 2. The van der Waals surface area contributed by atoms with Crippen molar-refractivity contribution in [3.63, 3.8) is 0 Å². The zero-order valence-corrected chi connectivity index (χ0v) is 26.4. The third-order valence-corrected chi connectivity index (χ3v) is 9.87. The second-order valence-corrected chi connectivity index (χ2v) is 13.6. The van der Waals surface area contributed by atoms with Crippen molar-refractivity contribution in [3.05, 3.63) is 118 Å². The summed E-state index contributed by atoms with van der Waals surface area (Å²) >= 11 is 8.08. The normalized spacial score (nSPS) is 11.5. The average Bonchev–Trinajstić information content (AvgIpc) is 3.54. The fourth-order valence-electron chi connectivity index (χ4n) is 4.58. The van der Waals surface area contributed by atoms with Gasteiger partial charge in [0.2, 0.25) is 0 Å². The molecule has 12 heteroatoms. The molecule has 2 N–H and O–H groups in total. The van der Waals surface area contributed by atoms with Gasteiger partial charge in [0.05, 0.1) is 43.8 Å². The maximum atomic E-state index is 12.5. The summed E-state index contributed by atoms with van der Waals surface area (Å²) in [6.07, 6.45) is 3.87. The number of pyridine rings is 1. The molecule has 0 saturated heterocycles. The van der Waals surface area contributed by atoms with E-state index < -0.39 is 9.84 Å². The molecule has 0 amide bonds. The van der Waals surface area contributed by atoms with Gasteiger partial charge in [-0.05, 0) is 42.0 Å². The summed E-state index contributed by atoms with van der Waals surface area (Å²) < 4.78 is 30.8. The van der Waals surface area contributed by atoms with E-state index in [2.05, 4.69) is 25.6 Å². The van der Waals surface area contributed by atoms with Crippen LogP contribution in [0.4, 0.5) is 11.5 Å². The zero-order valence-electron chi connectivity index (χ0n) is 24.1. The highest BCUT2D eigenvalue weighted by atomic mass is 35.5. The zero-order chi connectivity index (χ0) is 31.1. The molecule has 45 heavy (non-hydrogen) atoms. The highest BCUT2D eigenvalue weighted by molar-refractivity contribution is 7.91. The van der Waals surface area contributed by atoms with Crippen LogP contribution in [0.5, 0.6) is 5.75 Å². The summed E-state index contributed by atoms with van der Waals surface area (Å²) in [5, 5.41) is 10.7. The van der Waals surface area contributed by atoms with E-state index in [0.717, 1.165) is 27.3 Å².